The van der Waals surface area contributed by atoms with Crippen molar-refractivity contribution in [2.24, 2.45) is 0 Å². The van der Waals surface area contributed by atoms with Crippen molar-refractivity contribution in [1.82, 2.24) is 19.7 Å². The van der Waals surface area contributed by atoms with Crippen LogP contribution < -0.4 is 15.5 Å². The fourth-order valence-corrected chi connectivity index (χ4v) is 2.42. The summed E-state index contributed by atoms with van der Waals surface area (Å²) in [7, 11) is 1.42. The number of rotatable bonds is 5. The van der Waals surface area contributed by atoms with Gasteiger partial charge in [-0.2, -0.15) is 5.10 Å². The van der Waals surface area contributed by atoms with Gasteiger partial charge in [-0.15, -0.1) is 0 Å². The Morgan fingerprint density at radius 3 is 2.92 bits per heavy atom. The number of aromatic nitrogens is 4. The summed E-state index contributed by atoms with van der Waals surface area (Å²) in [5.41, 5.74) is 1.92. The molecule has 0 bridgehead atoms. The zero-order valence-corrected chi connectivity index (χ0v) is 13.8. The van der Waals surface area contributed by atoms with Crippen LogP contribution in [0.1, 0.15) is 5.69 Å². The predicted molar refractivity (Wildman–Crippen MR) is 92.4 cm³/mol. The largest absolute Gasteiger partial charge is 0.491 e. The van der Waals surface area contributed by atoms with Crippen molar-refractivity contribution in [2.45, 2.75) is 13.5 Å². The van der Waals surface area contributed by atoms with Gasteiger partial charge in [0.1, 0.15) is 12.9 Å². The van der Waals surface area contributed by atoms with Gasteiger partial charge in [-0.25, -0.2) is 4.98 Å². The first-order valence-corrected chi connectivity index (χ1v) is 7.57. The number of ether oxygens (including phenoxy) is 1. The van der Waals surface area contributed by atoms with Crippen molar-refractivity contribution in [3.8, 4) is 17.1 Å². The number of H-pyrrole nitrogens is 1. The molecule has 0 atom stereocenters. The average molecular weight is 339 g/mol. The second-order valence-corrected chi connectivity index (χ2v) is 5.44. The predicted octanol–water partition coefficient (Wildman–Crippen LogP) is 1.59. The molecule has 0 aliphatic heterocycles. The number of pyridine rings is 1. The molecule has 0 aliphatic carbocycles. The molecule has 1 amide bonds. The molecule has 0 fully saturated rings. The van der Waals surface area contributed by atoms with E-state index in [0.717, 1.165) is 5.56 Å². The summed E-state index contributed by atoms with van der Waals surface area (Å²) in [6.07, 6.45) is 2.95. The lowest BCUT2D eigenvalue weighted by atomic mass is 10.2. The minimum absolute atomic E-state index is 0.0645. The molecule has 128 valence electrons. The normalized spacial score (nSPS) is 10.5. The Kier molecular flexibility index (Phi) is 4.60. The van der Waals surface area contributed by atoms with Crippen molar-refractivity contribution >= 4 is 11.6 Å². The van der Waals surface area contributed by atoms with Crippen LogP contribution >= 0.6 is 0 Å². The molecule has 8 nitrogen and oxygen atoms in total. The van der Waals surface area contributed by atoms with Crippen LogP contribution in [0.3, 0.4) is 0 Å². The first kappa shape index (κ1) is 16.4. The summed E-state index contributed by atoms with van der Waals surface area (Å²) in [6, 6.07) is 8.72. The summed E-state index contributed by atoms with van der Waals surface area (Å²) in [4.78, 5) is 28.1. The van der Waals surface area contributed by atoms with Crippen LogP contribution in [0.5, 0.6) is 5.75 Å². The fraction of sp³-hybridized carbons (Fsp3) is 0.176. The van der Waals surface area contributed by atoms with Gasteiger partial charge in [-0.05, 0) is 19.1 Å². The minimum Gasteiger partial charge on any atom is -0.491 e. The first-order chi connectivity index (χ1) is 12.1. The number of carbonyl (C=O) groups excluding carboxylic acids is 1. The maximum Gasteiger partial charge on any atom is 0.244 e. The molecule has 25 heavy (non-hydrogen) atoms. The molecular weight excluding hydrogens is 322 g/mol. The summed E-state index contributed by atoms with van der Waals surface area (Å²) < 4.78 is 6.68. The minimum atomic E-state index is -0.219. The topological polar surface area (TPSA) is 102 Å². The molecular formula is C17H17N5O3. The van der Waals surface area contributed by atoms with Gasteiger partial charge in [0.15, 0.2) is 11.6 Å². The molecule has 2 aromatic heterocycles. The number of nitrogens with one attached hydrogen (secondary N) is 2. The standard InChI is InChI=1S/C17H17N5O3/c1-11-6-14(23)15(25-2)8-22(11)9-16(24)20-13-5-3-4-12(7-13)17-18-10-19-21-17/h3-8,10H,9H2,1-2H3,(H,20,24)(H,18,19,21). The van der Waals surface area contributed by atoms with E-state index >= 15 is 0 Å². The lowest BCUT2D eigenvalue weighted by molar-refractivity contribution is -0.116. The second-order valence-electron chi connectivity index (χ2n) is 5.44. The summed E-state index contributed by atoms with van der Waals surface area (Å²) in [5.74, 6) is 0.603. The third kappa shape index (κ3) is 3.74. The van der Waals surface area contributed by atoms with Crippen LogP contribution in [0.2, 0.25) is 0 Å². The summed E-state index contributed by atoms with van der Waals surface area (Å²) >= 11 is 0. The van der Waals surface area contributed by atoms with Gasteiger partial charge in [-0.1, -0.05) is 12.1 Å². The van der Waals surface area contributed by atoms with E-state index in [1.807, 2.05) is 12.1 Å². The van der Waals surface area contributed by atoms with Crippen molar-refractivity contribution < 1.29 is 9.53 Å². The number of nitrogens with zero attached hydrogens (tertiary/aromatic N) is 3. The van der Waals surface area contributed by atoms with E-state index < -0.39 is 0 Å². The van der Waals surface area contributed by atoms with E-state index in [0.29, 0.717) is 17.2 Å². The van der Waals surface area contributed by atoms with Crippen LogP contribution in [0.4, 0.5) is 5.69 Å². The molecule has 0 aliphatic rings. The Hall–Kier alpha value is -3.42. The maximum absolute atomic E-state index is 12.3. The quantitative estimate of drug-likeness (QED) is 0.735. The van der Waals surface area contributed by atoms with Crippen LogP contribution in [0.25, 0.3) is 11.4 Å². The van der Waals surface area contributed by atoms with Crippen LogP contribution in [-0.4, -0.2) is 32.8 Å². The van der Waals surface area contributed by atoms with E-state index in [4.69, 9.17) is 4.74 Å². The van der Waals surface area contributed by atoms with E-state index in [2.05, 4.69) is 20.5 Å². The lowest BCUT2D eigenvalue weighted by Crippen LogP contribution is -2.22. The van der Waals surface area contributed by atoms with Gasteiger partial charge in [-0.3, -0.25) is 14.7 Å². The van der Waals surface area contributed by atoms with Crippen LogP contribution in [0, 0.1) is 6.92 Å². The molecule has 0 spiro atoms. The highest BCUT2D eigenvalue weighted by atomic mass is 16.5. The Labute approximate surface area is 143 Å². The van der Waals surface area contributed by atoms with Gasteiger partial charge >= 0.3 is 0 Å². The number of aryl methyl sites for hydroxylation is 1. The Morgan fingerprint density at radius 1 is 1.36 bits per heavy atom. The fourth-order valence-electron chi connectivity index (χ4n) is 2.42. The van der Waals surface area contributed by atoms with E-state index in [-0.39, 0.29) is 23.6 Å². The maximum atomic E-state index is 12.3. The van der Waals surface area contributed by atoms with Gasteiger partial charge in [0, 0.05) is 23.0 Å². The number of aromatic amines is 1. The SMILES string of the molecule is COc1cn(CC(=O)Nc2cccc(-c3ncn[nH]3)c2)c(C)cc1=O. The number of benzene rings is 1. The van der Waals surface area contributed by atoms with Crippen molar-refractivity contribution in [1.29, 1.82) is 0 Å². The Morgan fingerprint density at radius 2 is 2.20 bits per heavy atom. The molecule has 0 saturated heterocycles. The third-order valence-corrected chi connectivity index (χ3v) is 3.68. The molecule has 2 N–H and O–H groups in total. The second kappa shape index (κ2) is 7.00. The molecule has 2 heterocycles. The highest BCUT2D eigenvalue weighted by Crippen LogP contribution is 2.18. The molecule has 8 heteroatoms. The zero-order chi connectivity index (χ0) is 17.8. The molecule has 1 aromatic carbocycles. The number of methoxy groups -OCH3 is 1. The third-order valence-electron chi connectivity index (χ3n) is 3.68. The average Bonchev–Trinajstić information content (AvgIpc) is 3.12. The van der Waals surface area contributed by atoms with E-state index in [1.165, 1.54) is 25.7 Å². The highest BCUT2D eigenvalue weighted by Gasteiger charge is 2.09. The highest BCUT2D eigenvalue weighted by molar-refractivity contribution is 5.91. The van der Waals surface area contributed by atoms with E-state index in [1.54, 1.807) is 23.6 Å². The van der Waals surface area contributed by atoms with Gasteiger partial charge in [0.05, 0.1) is 13.3 Å². The molecule has 3 rings (SSSR count). The van der Waals surface area contributed by atoms with Gasteiger partial charge in [0.25, 0.3) is 0 Å². The molecule has 3 aromatic rings. The van der Waals surface area contributed by atoms with Crippen molar-refractivity contribution in [2.75, 3.05) is 12.4 Å². The summed E-state index contributed by atoms with van der Waals surface area (Å²) in [5, 5.41) is 9.42. The Balaban J connectivity index is 1.75. The Bertz CT molecular complexity index is 947. The van der Waals surface area contributed by atoms with Gasteiger partial charge < -0.3 is 14.6 Å². The van der Waals surface area contributed by atoms with E-state index in [9.17, 15) is 9.59 Å². The molecule has 0 unspecified atom stereocenters. The summed E-state index contributed by atoms with van der Waals surface area (Å²) in [6.45, 7) is 1.83. The van der Waals surface area contributed by atoms with Crippen molar-refractivity contribution in [3.05, 3.63) is 58.8 Å². The molecule has 0 saturated carbocycles. The number of hydrogen-bond donors (Lipinski definition) is 2. The smallest absolute Gasteiger partial charge is 0.244 e. The van der Waals surface area contributed by atoms with Crippen molar-refractivity contribution in [3.63, 3.8) is 0 Å². The van der Waals surface area contributed by atoms with Gasteiger partial charge in [0.2, 0.25) is 11.3 Å². The number of hydrogen-bond acceptors (Lipinski definition) is 5. The first-order valence-electron chi connectivity index (χ1n) is 7.57. The van der Waals surface area contributed by atoms with Crippen LogP contribution in [-0.2, 0) is 11.3 Å². The number of anilines is 1. The lowest BCUT2D eigenvalue weighted by Gasteiger charge is -2.12. The number of carbonyl (C=O) groups is 1. The number of amides is 1. The van der Waals surface area contributed by atoms with Crippen LogP contribution in [0.15, 0.2) is 47.7 Å². The zero-order valence-electron chi connectivity index (χ0n) is 13.8. The monoisotopic (exact) mass is 339 g/mol. The molecule has 0 radical (unpaired) electrons.